The predicted molar refractivity (Wildman–Crippen MR) is 77.4 cm³/mol. The second-order valence-corrected chi connectivity index (χ2v) is 6.35. The summed E-state index contributed by atoms with van der Waals surface area (Å²) in [7, 11) is 0. The number of esters is 1. The molecule has 98 valence electrons. The summed E-state index contributed by atoms with van der Waals surface area (Å²) in [5.74, 6) is 0.280. The average Bonchev–Trinajstić information content (AvgIpc) is 2.85. The van der Waals surface area contributed by atoms with Crippen molar-refractivity contribution >= 4 is 28.9 Å². The number of hydrogen-bond acceptors (Lipinski definition) is 3. The molecule has 1 aromatic carbocycles. The number of thiophene rings is 1. The van der Waals surface area contributed by atoms with Crippen molar-refractivity contribution in [2.45, 2.75) is 25.7 Å². The third-order valence-electron chi connectivity index (χ3n) is 3.30. The Bertz CT molecular complexity index is 618. The summed E-state index contributed by atoms with van der Waals surface area (Å²) in [6.45, 7) is 0. The maximum absolute atomic E-state index is 11.9. The van der Waals surface area contributed by atoms with Gasteiger partial charge in [-0.1, -0.05) is 17.7 Å². The highest BCUT2D eigenvalue weighted by atomic mass is 35.5. The summed E-state index contributed by atoms with van der Waals surface area (Å²) in [4.78, 5) is 12.5. The monoisotopic (exact) mass is 292 g/mol. The fourth-order valence-corrected chi connectivity index (χ4v) is 3.27. The van der Waals surface area contributed by atoms with Crippen molar-refractivity contribution in [3.8, 4) is 5.75 Å². The number of fused-ring (bicyclic) bond motifs is 1. The zero-order valence-corrected chi connectivity index (χ0v) is 11.9. The Morgan fingerprint density at radius 2 is 1.89 bits per heavy atom. The smallest absolute Gasteiger partial charge is 0.353 e. The van der Waals surface area contributed by atoms with Crippen molar-refractivity contribution in [2.24, 2.45) is 0 Å². The molecule has 1 aromatic heterocycles. The average molecular weight is 293 g/mol. The predicted octanol–water partition coefficient (Wildman–Crippen LogP) is 4.50. The van der Waals surface area contributed by atoms with E-state index in [1.165, 1.54) is 35.3 Å². The molecule has 1 aliphatic rings. The molecule has 0 atom stereocenters. The number of halogens is 1. The molecule has 0 N–H and O–H groups in total. The largest absolute Gasteiger partial charge is 0.422 e. The van der Waals surface area contributed by atoms with E-state index in [4.69, 9.17) is 16.3 Å². The van der Waals surface area contributed by atoms with Crippen LogP contribution in [-0.2, 0) is 12.8 Å². The maximum Gasteiger partial charge on any atom is 0.353 e. The Balaban J connectivity index is 1.78. The highest BCUT2D eigenvalue weighted by Crippen LogP contribution is 2.27. The summed E-state index contributed by atoms with van der Waals surface area (Å²) >= 11 is 7.05. The van der Waals surface area contributed by atoms with Crippen LogP contribution in [0.3, 0.4) is 0 Å². The number of carbonyl (C=O) groups is 1. The lowest BCUT2D eigenvalue weighted by molar-refractivity contribution is 0.0739. The summed E-state index contributed by atoms with van der Waals surface area (Å²) in [5, 5.41) is 0. The van der Waals surface area contributed by atoms with Gasteiger partial charge in [-0.25, -0.2) is 4.79 Å². The van der Waals surface area contributed by atoms with Gasteiger partial charge in [0.05, 0.1) is 4.34 Å². The molecular formula is C15H13ClO2S. The molecule has 1 aliphatic carbocycles. The van der Waals surface area contributed by atoms with Gasteiger partial charge in [0, 0.05) is 0 Å². The van der Waals surface area contributed by atoms with Crippen molar-refractivity contribution < 1.29 is 9.53 Å². The van der Waals surface area contributed by atoms with Gasteiger partial charge in [0.15, 0.2) is 0 Å². The van der Waals surface area contributed by atoms with Gasteiger partial charge in [0.2, 0.25) is 0 Å². The Hall–Kier alpha value is -1.32. The van der Waals surface area contributed by atoms with Crippen LogP contribution >= 0.6 is 22.9 Å². The normalized spacial score (nSPS) is 13.9. The van der Waals surface area contributed by atoms with Crippen molar-refractivity contribution in [1.29, 1.82) is 0 Å². The van der Waals surface area contributed by atoms with E-state index in [0.29, 0.717) is 15.0 Å². The first kappa shape index (κ1) is 12.7. The minimum atomic E-state index is -0.340. The lowest BCUT2D eigenvalue weighted by atomic mass is 9.92. The topological polar surface area (TPSA) is 26.3 Å². The molecule has 0 spiro atoms. The Morgan fingerprint density at radius 1 is 1.11 bits per heavy atom. The van der Waals surface area contributed by atoms with Crippen LogP contribution in [0.2, 0.25) is 4.34 Å². The molecule has 0 aliphatic heterocycles. The lowest BCUT2D eigenvalue weighted by Gasteiger charge is -2.16. The van der Waals surface area contributed by atoms with Crippen molar-refractivity contribution in [1.82, 2.24) is 0 Å². The van der Waals surface area contributed by atoms with Crippen LogP contribution in [0, 0.1) is 0 Å². The number of ether oxygens (including phenoxy) is 1. The minimum absolute atomic E-state index is 0.340. The molecule has 3 rings (SSSR count). The molecule has 19 heavy (non-hydrogen) atoms. The summed E-state index contributed by atoms with van der Waals surface area (Å²) in [6.07, 6.45) is 4.67. The SMILES string of the molecule is O=C(Oc1ccc2c(c1)CCCC2)c1ccc(Cl)s1. The van der Waals surface area contributed by atoms with Crippen molar-refractivity contribution in [3.63, 3.8) is 0 Å². The van der Waals surface area contributed by atoms with Crippen LogP contribution in [0.5, 0.6) is 5.75 Å². The van der Waals surface area contributed by atoms with Crippen LogP contribution in [0.4, 0.5) is 0 Å². The van der Waals surface area contributed by atoms with E-state index in [2.05, 4.69) is 6.07 Å². The second-order valence-electron chi connectivity index (χ2n) is 4.63. The van der Waals surface area contributed by atoms with Gasteiger partial charge in [-0.2, -0.15) is 0 Å². The van der Waals surface area contributed by atoms with Gasteiger partial charge in [0.25, 0.3) is 0 Å². The second kappa shape index (κ2) is 5.35. The summed E-state index contributed by atoms with van der Waals surface area (Å²) < 4.78 is 5.99. The van der Waals surface area contributed by atoms with Crippen molar-refractivity contribution in [3.05, 3.63) is 50.7 Å². The van der Waals surface area contributed by atoms with E-state index in [9.17, 15) is 4.79 Å². The van der Waals surface area contributed by atoms with Crippen LogP contribution in [0.25, 0.3) is 0 Å². The first-order chi connectivity index (χ1) is 9.22. The van der Waals surface area contributed by atoms with Gasteiger partial charge in [-0.15, -0.1) is 11.3 Å². The quantitative estimate of drug-likeness (QED) is 0.602. The molecule has 0 fully saturated rings. The van der Waals surface area contributed by atoms with Crippen molar-refractivity contribution in [2.75, 3.05) is 0 Å². The van der Waals surface area contributed by atoms with E-state index >= 15 is 0 Å². The Labute approximate surface area is 121 Å². The minimum Gasteiger partial charge on any atom is -0.422 e. The highest BCUT2D eigenvalue weighted by molar-refractivity contribution is 7.17. The third-order valence-corrected chi connectivity index (χ3v) is 4.52. The first-order valence-electron chi connectivity index (χ1n) is 6.32. The van der Waals surface area contributed by atoms with Gasteiger partial charge in [-0.05, 0) is 61.1 Å². The molecule has 0 unspecified atom stereocenters. The molecule has 0 saturated carbocycles. The molecule has 0 saturated heterocycles. The van der Waals surface area contributed by atoms with Crippen LogP contribution in [-0.4, -0.2) is 5.97 Å². The maximum atomic E-state index is 11.9. The van der Waals surface area contributed by atoms with Gasteiger partial charge in [0.1, 0.15) is 10.6 Å². The number of benzene rings is 1. The van der Waals surface area contributed by atoms with Crippen LogP contribution < -0.4 is 4.74 Å². The van der Waals surface area contributed by atoms with Crippen LogP contribution in [0.1, 0.15) is 33.6 Å². The molecule has 0 bridgehead atoms. The standard InChI is InChI=1S/C15H13ClO2S/c16-14-8-7-13(19-14)15(17)18-12-6-5-10-3-1-2-4-11(10)9-12/h5-9H,1-4H2. The van der Waals surface area contributed by atoms with Gasteiger partial charge in [-0.3, -0.25) is 0 Å². The number of rotatable bonds is 2. The fourth-order valence-electron chi connectivity index (χ4n) is 2.35. The molecule has 0 amide bonds. The summed E-state index contributed by atoms with van der Waals surface area (Å²) in [6, 6.07) is 9.32. The molecule has 2 nitrogen and oxygen atoms in total. The zero-order valence-electron chi connectivity index (χ0n) is 10.3. The highest BCUT2D eigenvalue weighted by Gasteiger charge is 2.14. The molecule has 0 radical (unpaired) electrons. The number of aryl methyl sites for hydroxylation is 2. The van der Waals surface area contributed by atoms with Gasteiger partial charge < -0.3 is 4.74 Å². The van der Waals surface area contributed by atoms with E-state index in [1.54, 1.807) is 12.1 Å². The molecular weight excluding hydrogens is 280 g/mol. The van der Waals surface area contributed by atoms with Crippen LogP contribution in [0.15, 0.2) is 30.3 Å². The Kier molecular flexibility index (Phi) is 3.58. The molecule has 2 aromatic rings. The number of hydrogen-bond donors (Lipinski definition) is 0. The first-order valence-corrected chi connectivity index (χ1v) is 7.51. The Morgan fingerprint density at radius 3 is 2.63 bits per heavy atom. The van der Waals surface area contributed by atoms with E-state index in [0.717, 1.165) is 12.8 Å². The van der Waals surface area contributed by atoms with E-state index in [-0.39, 0.29) is 5.97 Å². The summed E-state index contributed by atoms with van der Waals surface area (Å²) in [5.41, 5.74) is 2.69. The lowest BCUT2D eigenvalue weighted by Crippen LogP contribution is -2.08. The molecule has 4 heteroatoms. The zero-order chi connectivity index (χ0) is 13.2. The van der Waals surface area contributed by atoms with E-state index in [1.807, 2.05) is 12.1 Å². The number of carbonyl (C=O) groups excluding carboxylic acids is 1. The van der Waals surface area contributed by atoms with Gasteiger partial charge >= 0.3 is 5.97 Å². The third kappa shape index (κ3) is 2.82. The fraction of sp³-hybridized carbons (Fsp3) is 0.267. The van der Waals surface area contributed by atoms with E-state index < -0.39 is 0 Å². The molecule has 1 heterocycles.